The number of benzene rings is 6. The molecule has 278 valence electrons. The number of fused-ring (bicyclic) bond motifs is 7. The molecule has 6 aromatic carbocycles. The molecule has 1 aliphatic carbocycles. The molecule has 0 amide bonds. The van der Waals surface area contributed by atoms with Gasteiger partial charge in [-0.1, -0.05) is 153 Å². The molecular weight excluding hydrogens is 711 g/mol. The van der Waals surface area contributed by atoms with E-state index in [2.05, 4.69) is 169 Å². The van der Waals surface area contributed by atoms with Gasteiger partial charge in [0.1, 0.15) is 29.2 Å². The summed E-state index contributed by atoms with van der Waals surface area (Å²) in [4.78, 5) is 18.4. The quantitative estimate of drug-likeness (QED) is 0.170. The molecule has 4 heterocycles. The number of hydrogen-bond donors (Lipinski definition) is 0. The monoisotopic (exact) mass is 749 g/mol. The lowest BCUT2D eigenvalue weighted by Crippen LogP contribution is -2.36. The summed E-state index contributed by atoms with van der Waals surface area (Å²) >= 11 is 0. The highest BCUT2D eigenvalue weighted by Gasteiger charge is 2.31. The minimum Gasteiger partial charge on any atom is -0.460 e. The summed E-state index contributed by atoms with van der Waals surface area (Å²) < 4.78 is 8.94. The van der Waals surface area contributed by atoms with E-state index < -0.39 is 0 Å². The molecule has 2 atom stereocenters. The van der Waals surface area contributed by atoms with Gasteiger partial charge < -0.3 is 9.32 Å². The van der Waals surface area contributed by atoms with Crippen molar-refractivity contribution in [3.8, 4) is 28.1 Å². The second-order valence-corrected chi connectivity index (χ2v) is 15.3. The number of allylic oxidation sites excluding steroid dienone is 1. The van der Waals surface area contributed by atoms with Gasteiger partial charge in [-0.05, 0) is 52.9 Å². The first kappa shape index (κ1) is 34.0. The molecule has 58 heavy (non-hydrogen) atoms. The molecule has 0 bridgehead atoms. The van der Waals surface area contributed by atoms with Crippen molar-refractivity contribution >= 4 is 50.5 Å². The molecule has 1 aliphatic heterocycles. The van der Waals surface area contributed by atoms with Crippen LogP contribution in [0.25, 0.3) is 66.9 Å². The van der Waals surface area contributed by atoms with E-state index in [1.807, 2.05) is 30.5 Å². The minimum absolute atomic E-state index is 0.313. The van der Waals surface area contributed by atoms with Gasteiger partial charge in [0.05, 0.1) is 16.6 Å². The van der Waals surface area contributed by atoms with Gasteiger partial charge in [-0.25, -0.2) is 15.0 Å². The Bertz CT molecular complexity index is 3120. The van der Waals surface area contributed by atoms with E-state index in [0.717, 1.165) is 95.6 Å². The van der Waals surface area contributed by atoms with Crippen molar-refractivity contribution in [2.24, 2.45) is 9.98 Å². The molecular formula is C52H39N5O. The van der Waals surface area contributed by atoms with Crippen molar-refractivity contribution < 1.29 is 4.42 Å². The summed E-state index contributed by atoms with van der Waals surface area (Å²) in [5.41, 5.74) is 11.5. The standard InChI is InChI=1S/C52H39N5O/c1-33-17-16-27-41-47-45(58-48(33)41)30-29-44-46(47)40-26-14-15-28-43(40)57(44)51-42(31-37(32-53-51)39-25-13-12-24-38(39)34-18-6-3-7-19-34)52-55-49(35-20-8-4-9-21-35)54-50(56(52)2)36-22-10-5-11-23-36/h3-16,18-33,50H,17H2,1-2H3. The Morgan fingerprint density at radius 2 is 1.31 bits per heavy atom. The highest BCUT2D eigenvalue weighted by molar-refractivity contribution is 6.23. The fourth-order valence-electron chi connectivity index (χ4n) is 8.93. The van der Waals surface area contributed by atoms with Crippen LogP contribution in [0.1, 0.15) is 53.4 Å². The molecule has 0 N–H and O–H groups in total. The Kier molecular flexibility index (Phi) is 8.03. The van der Waals surface area contributed by atoms with Crippen molar-refractivity contribution in [1.82, 2.24) is 14.5 Å². The van der Waals surface area contributed by atoms with Crippen LogP contribution in [-0.4, -0.2) is 33.2 Å². The molecule has 0 spiro atoms. The lowest BCUT2D eigenvalue weighted by atomic mass is 9.93. The zero-order chi connectivity index (χ0) is 38.7. The molecule has 2 aliphatic rings. The van der Waals surface area contributed by atoms with Crippen molar-refractivity contribution in [3.63, 3.8) is 0 Å². The van der Waals surface area contributed by atoms with Crippen molar-refractivity contribution in [2.75, 3.05) is 7.05 Å². The maximum Gasteiger partial charge on any atom is 0.159 e. The van der Waals surface area contributed by atoms with Crippen LogP contribution in [0.2, 0.25) is 0 Å². The first-order valence-electron chi connectivity index (χ1n) is 19.9. The SMILES string of the molecule is CC1CC=Cc2c1oc1ccc3c(c4ccccc4n3-c3ncc(-c4ccccc4-c4ccccc4)cc3C3=NC(c4ccccc4)=NC(c4ccccc4)N3C)c21. The maximum absolute atomic E-state index is 6.61. The highest BCUT2D eigenvalue weighted by atomic mass is 16.3. The zero-order valence-corrected chi connectivity index (χ0v) is 32.2. The molecule has 6 heteroatoms. The first-order chi connectivity index (χ1) is 28.6. The van der Waals surface area contributed by atoms with Gasteiger partial charge >= 0.3 is 0 Å². The third kappa shape index (κ3) is 5.44. The van der Waals surface area contributed by atoms with Crippen molar-refractivity contribution in [1.29, 1.82) is 0 Å². The third-order valence-corrected chi connectivity index (χ3v) is 11.7. The van der Waals surface area contributed by atoms with Gasteiger partial charge in [0.25, 0.3) is 0 Å². The molecule has 11 rings (SSSR count). The highest BCUT2D eigenvalue weighted by Crippen LogP contribution is 2.45. The fraction of sp³-hybridized carbons (Fsp3) is 0.0962. The Morgan fingerprint density at radius 1 is 0.638 bits per heavy atom. The van der Waals surface area contributed by atoms with Crippen LogP contribution in [0, 0.1) is 0 Å². The van der Waals surface area contributed by atoms with E-state index in [-0.39, 0.29) is 6.17 Å². The third-order valence-electron chi connectivity index (χ3n) is 11.7. The summed E-state index contributed by atoms with van der Waals surface area (Å²) in [6.07, 6.45) is 7.20. The van der Waals surface area contributed by atoms with Crippen LogP contribution < -0.4 is 0 Å². The fourth-order valence-corrected chi connectivity index (χ4v) is 8.93. The largest absolute Gasteiger partial charge is 0.460 e. The Morgan fingerprint density at radius 3 is 2.09 bits per heavy atom. The smallest absolute Gasteiger partial charge is 0.159 e. The van der Waals surface area contributed by atoms with Crippen LogP contribution in [0.4, 0.5) is 0 Å². The zero-order valence-electron chi connectivity index (χ0n) is 32.2. The summed E-state index contributed by atoms with van der Waals surface area (Å²) in [6, 6.07) is 55.2. The minimum atomic E-state index is -0.318. The van der Waals surface area contributed by atoms with Gasteiger partial charge in [0, 0.05) is 52.0 Å². The maximum atomic E-state index is 6.61. The lowest BCUT2D eigenvalue weighted by molar-refractivity contribution is 0.382. The van der Waals surface area contributed by atoms with E-state index in [0.29, 0.717) is 11.8 Å². The van der Waals surface area contributed by atoms with Crippen LogP contribution >= 0.6 is 0 Å². The summed E-state index contributed by atoms with van der Waals surface area (Å²) in [5.74, 6) is 3.62. The van der Waals surface area contributed by atoms with E-state index >= 15 is 0 Å². The summed E-state index contributed by atoms with van der Waals surface area (Å²) in [7, 11) is 2.09. The average Bonchev–Trinajstić information content (AvgIpc) is 3.84. The van der Waals surface area contributed by atoms with Crippen molar-refractivity contribution in [3.05, 3.63) is 198 Å². The summed E-state index contributed by atoms with van der Waals surface area (Å²) in [5, 5.41) is 3.46. The van der Waals surface area contributed by atoms with Gasteiger partial charge in [-0.15, -0.1) is 0 Å². The molecule has 0 radical (unpaired) electrons. The molecule has 3 aromatic heterocycles. The van der Waals surface area contributed by atoms with Crippen LogP contribution in [0.3, 0.4) is 0 Å². The number of para-hydroxylation sites is 1. The van der Waals surface area contributed by atoms with Crippen LogP contribution in [0.15, 0.2) is 184 Å². The number of aliphatic imine (C=N–C) groups is 2. The molecule has 6 nitrogen and oxygen atoms in total. The Labute approximate surface area is 336 Å². The molecule has 0 saturated heterocycles. The number of aromatic nitrogens is 2. The molecule has 9 aromatic rings. The first-order valence-corrected chi connectivity index (χ1v) is 19.9. The molecule has 0 saturated carbocycles. The number of pyridine rings is 1. The lowest BCUT2D eigenvalue weighted by Gasteiger charge is -2.33. The van der Waals surface area contributed by atoms with E-state index in [1.54, 1.807) is 0 Å². The summed E-state index contributed by atoms with van der Waals surface area (Å²) in [6.45, 7) is 2.25. The van der Waals surface area contributed by atoms with Crippen molar-refractivity contribution in [2.45, 2.75) is 25.4 Å². The number of nitrogens with zero attached hydrogens (tertiary/aromatic N) is 5. The Hall–Kier alpha value is -7.31. The number of hydrogen-bond acceptors (Lipinski definition) is 5. The second-order valence-electron chi connectivity index (χ2n) is 15.3. The topological polar surface area (TPSA) is 58.9 Å². The second kappa shape index (κ2) is 13.7. The van der Waals surface area contributed by atoms with Crippen LogP contribution in [0.5, 0.6) is 0 Å². The van der Waals surface area contributed by atoms with Crippen LogP contribution in [-0.2, 0) is 0 Å². The van der Waals surface area contributed by atoms with E-state index in [4.69, 9.17) is 19.4 Å². The van der Waals surface area contributed by atoms with Gasteiger partial charge in [-0.2, -0.15) is 0 Å². The predicted molar refractivity (Wildman–Crippen MR) is 238 cm³/mol. The van der Waals surface area contributed by atoms with E-state index in [1.165, 1.54) is 5.56 Å². The molecule has 2 unspecified atom stereocenters. The van der Waals surface area contributed by atoms with Gasteiger partial charge in [0.2, 0.25) is 0 Å². The number of rotatable bonds is 6. The predicted octanol–water partition coefficient (Wildman–Crippen LogP) is 12.6. The van der Waals surface area contributed by atoms with E-state index in [9.17, 15) is 0 Å². The number of furan rings is 1. The van der Waals surface area contributed by atoms with Gasteiger partial charge in [-0.3, -0.25) is 4.57 Å². The van der Waals surface area contributed by atoms with Gasteiger partial charge in [0.15, 0.2) is 5.84 Å². The normalized spacial score (nSPS) is 16.5. The average molecular weight is 750 g/mol. The molecule has 0 fully saturated rings. The number of amidine groups is 2. The Balaban J connectivity index is 1.22.